The number of nitrogens with one attached hydrogen (secondary N) is 1. The van der Waals surface area contributed by atoms with Gasteiger partial charge in [0.2, 0.25) is 0 Å². The van der Waals surface area contributed by atoms with E-state index in [1.54, 1.807) is 0 Å². The van der Waals surface area contributed by atoms with E-state index in [0.717, 1.165) is 22.8 Å². The van der Waals surface area contributed by atoms with Gasteiger partial charge in [0.15, 0.2) is 0 Å². The second kappa shape index (κ2) is 11.8. The van der Waals surface area contributed by atoms with Crippen molar-refractivity contribution in [2.75, 3.05) is 34.5 Å². The van der Waals surface area contributed by atoms with Gasteiger partial charge in [-0.2, -0.15) is 0 Å². The largest absolute Gasteiger partial charge is 0.337 e. The van der Waals surface area contributed by atoms with Crippen LogP contribution >= 0.6 is 70.6 Å². The minimum atomic E-state index is 0.562. The lowest BCUT2D eigenvalue weighted by atomic mass is 10.0. The van der Waals surface area contributed by atoms with Crippen LogP contribution in [0.5, 0.6) is 0 Å². The van der Waals surface area contributed by atoms with Crippen LogP contribution in [0.4, 0.5) is 0 Å². The van der Waals surface area contributed by atoms with E-state index < -0.39 is 0 Å². The Labute approximate surface area is 250 Å². The van der Waals surface area contributed by atoms with E-state index in [1.165, 1.54) is 62.3 Å². The average Bonchev–Trinajstić information content (AvgIpc) is 3.80. The molecular weight excluding hydrogens is 581 g/mol. The summed E-state index contributed by atoms with van der Waals surface area (Å²) in [6.07, 6.45) is 0. The molecule has 7 rings (SSSR count). The first-order chi connectivity index (χ1) is 18.8. The van der Waals surface area contributed by atoms with Gasteiger partial charge in [-0.3, -0.25) is 0 Å². The molecule has 0 spiro atoms. The van der Waals surface area contributed by atoms with Crippen LogP contribution in [-0.4, -0.2) is 44.5 Å². The molecule has 3 aliphatic rings. The van der Waals surface area contributed by atoms with Crippen LogP contribution in [0.3, 0.4) is 0 Å². The number of aromatic amines is 1. The molecule has 0 radical (unpaired) electrons. The molecule has 0 amide bonds. The standard InChI is InChI=1S/C30H28N2S6/c1-7-22(28-33-13-14-34-28)8-2-19(1)25-26(20-3-9-23(10-4-20)29-35-15-16-36-29)32-27(31-25)21-5-11-24(12-6-21)30-37-17-18-38-30/h1-12,28-30H,13-18H2,(H,31,32). The highest BCUT2D eigenvalue weighted by atomic mass is 32.2. The second-order valence-electron chi connectivity index (χ2n) is 9.40. The van der Waals surface area contributed by atoms with Gasteiger partial charge in [0.05, 0.1) is 25.1 Å². The summed E-state index contributed by atoms with van der Waals surface area (Å²) in [7, 11) is 0. The van der Waals surface area contributed by atoms with Gasteiger partial charge >= 0.3 is 0 Å². The Morgan fingerprint density at radius 1 is 0.474 bits per heavy atom. The van der Waals surface area contributed by atoms with Gasteiger partial charge in [0.1, 0.15) is 5.82 Å². The zero-order valence-electron chi connectivity index (χ0n) is 20.8. The van der Waals surface area contributed by atoms with Gasteiger partial charge in [-0.15, -0.1) is 70.6 Å². The molecule has 0 atom stereocenters. The molecule has 3 aromatic carbocycles. The Bertz CT molecular complexity index is 1290. The highest BCUT2D eigenvalue weighted by molar-refractivity contribution is 8.20. The third-order valence-electron chi connectivity index (χ3n) is 6.95. The molecule has 38 heavy (non-hydrogen) atoms. The van der Waals surface area contributed by atoms with E-state index in [1.807, 2.05) is 0 Å². The van der Waals surface area contributed by atoms with Crippen LogP contribution in [0.1, 0.15) is 30.4 Å². The maximum Gasteiger partial charge on any atom is 0.138 e. The number of H-pyrrole nitrogens is 1. The van der Waals surface area contributed by atoms with Crippen molar-refractivity contribution in [3.05, 3.63) is 89.5 Å². The summed E-state index contributed by atoms with van der Waals surface area (Å²) < 4.78 is 1.69. The number of aromatic nitrogens is 2. The quantitative estimate of drug-likeness (QED) is 0.233. The Hall–Kier alpha value is -1.03. The van der Waals surface area contributed by atoms with Gasteiger partial charge in [-0.1, -0.05) is 72.8 Å². The number of rotatable bonds is 6. The van der Waals surface area contributed by atoms with Crippen LogP contribution in [0, 0.1) is 0 Å². The van der Waals surface area contributed by atoms with Crippen LogP contribution < -0.4 is 0 Å². The molecule has 4 heterocycles. The number of nitrogens with zero attached hydrogens (tertiary/aromatic N) is 1. The van der Waals surface area contributed by atoms with Crippen molar-refractivity contribution in [1.29, 1.82) is 0 Å². The predicted octanol–water partition coefficient (Wildman–Crippen LogP) is 9.85. The molecule has 0 bridgehead atoms. The number of thioether (sulfide) groups is 6. The van der Waals surface area contributed by atoms with E-state index in [2.05, 4.69) is 148 Å². The molecule has 0 unspecified atom stereocenters. The van der Waals surface area contributed by atoms with E-state index in [0.29, 0.717) is 13.7 Å². The second-order valence-corrected chi connectivity index (χ2v) is 17.6. The first-order valence-electron chi connectivity index (χ1n) is 12.9. The molecule has 2 nitrogen and oxygen atoms in total. The number of benzene rings is 3. The third-order valence-corrected chi connectivity index (χ3v) is 16.3. The van der Waals surface area contributed by atoms with Crippen molar-refractivity contribution in [2.45, 2.75) is 13.7 Å². The summed E-state index contributed by atoms with van der Waals surface area (Å²) in [5.74, 6) is 8.41. The molecule has 1 N–H and O–H groups in total. The third kappa shape index (κ3) is 5.46. The molecule has 1 aromatic heterocycles. The Balaban J connectivity index is 1.24. The van der Waals surface area contributed by atoms with E-state index in [9.17, 15) is 0 Å². The van der Waals surface area contributed by atoms with Crippen LogP contribution in [0.2, 0.25) is 0 Å². The van der Waals surface area contributed by atoms with Crippen molar-refractivity contribution < 1.29 is 0 Å². The summed E-state index contributed by atoms with van der Waals surface area (Å²) in [5.41, 5.74) is 9.86. The average molecular weight is 609 g/mol. The molecule has 3 saturated heterocycles. The van der Waals surface area contributed by atoms with Crippen molar-refractivity contribution in [3.8, 4) is 33.9 Å². The summed E-state index contributed by atoms with van der Waals surface area (Å²) >= 11 is 12.3. The SMILES string of the molecule is c1cc(C2SCCS2)ccc1-c1nc(-c2ccc(C3SCCS3)cc2)c(-c2ccc(C3SCCS3)cc2)[nH]1. The molecule has 3 aliphatic heterocycles. The molecule has 4 aromatic rings. The van der Waals surface area contributed by atoms with Crippen LogP contribution in [0.15, 0.2) is 72.8 Å². The zero-order valence-corrected chi connectivity index (χ0v) is 25.7. The first kappa shape index (κ1) is 25.9. The normalized spacial score (nSPS) is 19.1. The summed E-state index contributed by atoms with van der Waals surface area (Å²) in [6, 6.07) is 27.3. The van der Waals surface area contributed by atoms with Gasteiger partial charge in [0.25, 0.3) is 0 Å². The number of imidazole rings is 1. The monoisotopic (exact) mass is 608 g/mol. The fourth-order valence-corrected chi connectivity index (χ4v) is 13.6. The van der Waals surface area contributed by atoms with Crippen molar-refractivity contribution in [2.24, 2.45) is 0 Å². The molecule has 194 valence electrons. The van der Waals surface area contributed by atoms with Gasteiger partial charge < -0.3 is 4.98 Å². The van der Waals surface area contributed by atoms with Crippen molar-refractivity contribution >= 4 is 70.6 Å². The van der Waals surface area contributed by atoms with Crippen molar-refractivity contribution in [1.82, 2.24) is 9.97 Å². The van der Waals surface area contributed by atoms with Gasteiger partial charge in [0, 0.05) is 51.2 Å². The minimum absolute atomic E-state index is 0.562. The minimum Gasteiger partial charge on any atom is -0.337 e. The maximum absolute atomic E-state index is 5.20. The summed E-state index contributed by atoms with van der Waals surface area (Å²) in [6.45, 7) is 0. The number of hydrogen-bond donors (Lipinski definition) is 1. The molecule has 0 saturated carbocycles. The fraction of sp³-hybridized carbons (Fsp3) is 0.300. The lowest BCUT2D eigenvalue weighted by molar-refractivity contribution is 1.29. The van der Waals surface area contributed by atoms with E-state index in [4.69, 9.17) is 4.98 Å². The van der Waals surface area contributed by atoms with E-state index >= 15 is 0 Å². The first-order valence-corrected chi connectivity index (χ1v) is 19.2. The Kier molecular flexibility index (Phi) is 8.07. The topological polar surface area (TPSA) is 28.7 Å². The Morgan fingerprint density at radius 3 is 1.26 bits per heavy atom. The highest BCUT2D eigenvalue weighted by Gasteiger charge is 2.22. The van der Waals surface area contributed by atoms with Crippen molar-refractivity contribution in [3.63, 3.8) is 0 Å². The molecular formula is C30H28N2S6. The Morgan fingerprint density at radius 2 is 0.842 bits per heavy atom. The lowest BCUT2D eigenvalue weighted by Crippen LogP contribution is -1.89. The van der Waals surface area contributed by atoms with Gasteiger partial charge in [-0.05, 0) is 16.7 Å². The predicted molar refractivity (Wildman–Crippen MR) is 178 cm³/mol. The van der Waals surface area contributed by atoms with E-state index in [-0.39, 0.29) is 0 Å². The summed E-state index contributed by atoms with van der Waals surface area (Å²) in [4.78, 5) is 8.92. The number of hydrogen-bond acceptors (Lipinski definition) is 7. The fourth-order valence-electron chi connectivity index (χ4n) is 4.98. The van der Waals surface area contributed by atoms with Crippen LogP contribution in [-0.2, 0) is 0 Å². The smallest absolute Gasteiger partial charge is 0.138 e. The maximum atomic E-state index is 5.20. The lowest BCUT2D eigenvalue weighted by Gasteiger charge is -2.11. The van der Waals surface area contributed by atoms with Gasteiger partial charge in [-0.25, -0.2) is 4.98 Å². The molecule has 3 fully saturated rings. The molecule has 0 aliphatic carbocycles. The molecule has 8 heteroatoms. The summed E-state index contributed by atoms with van der Waals surface area (Å²) in [5, 5.41) is 0. The highest BCUT2D eigenvalue weighted by Crippen LogP contribution is 2.48. The van der Waals surface area contributed by atoms with Crippen LogP contribution in [0.25, 0.3) is 33.9 Å². The zero-order chi connectivity index (χ0) is 25.3.